The van der Waals surface area contributed by atoms with E-state index in [1.807, 2.05) is 25.4 Å². The van der Waals surface area contributed by atoms with Gasteiger partial charge in [-0.25, -0.2) is 4.98 Å². The molecule has 0 bridgehead atoms. The van der Waals surface area contributed by atoms with Gasteiger partial charge >= 0.3 is 0 Å². The van der Waals surface area contributed by atoms with Gasteiger partial charge in [-0.3, -0.25) is 9.89 Å². The fraction of sp³-hybridized carbons (Fsp3) is 0.632. The van der Waals surface area contributed by atoms with E-state index in [9.17, 15) is 0 Å². The second kappa shape index (κ2) is 10.1. The van der Waals surface area contributed by atoms with Gasteiger partial charge in [-0.2, -0.15) is 0 Å². The van der Waals surface area contributed by atoms with E-state index in [4.69, 9.17) is 9.52 Å². The Morgan fingerprint density at radius 2 is 2.11 bits per heavy atom. The highest BCUT2D eigenvalue weighted by Gasteiger charge is 2.20. The third-order valence-electron chi connectivity index (χ3n) is 4.88. The van der Waals surface area contributed by atoms with Crippen molar-refractivity contribution in [2.24, 2.45) is 4.99 Å². The van der Waals surface area contributed by atoms with Crippen LogP contribution >= 0.6 is 0 Å². The lowest BCUT2D eigenvalue weighted by molar-refractivity contribution is 0.169. The van der Waals surface area contributed by atoms with Crippen LogP contribution in [0, 0.1) is 6.92 Å². The molecule has 2 aromatic rings. The fourth-order valence-electron chi connectivity index (χ4n) is 3.31. The van der Waals surface area contributed by atoms with Crippen molar-refractivity contribution in [1.82, 2.24) is 29.8 Å². The Morgan fingerprint density at radius 1 is 1.26 bits per heavy atom. The molecule has 2 aromatic heterocycles. The summed E-state index contributed by atoms with van der Waals surface area (Å²) in [6, 6.07) is 1.93. The summed E-state index contributed by atoms with van der Waals surface area (Å²) in [5.41, 5.74) is 0.997. The number of aromatic nitrogens is 3. The molecule has 1 fully saturated rings. The number of unbranched alkanes of at least 4 members (excludes halogenated alkanes) is 1. The lowest BCUT2D eigenvalue weighted by Gasteiger charge is -2.36. The summed E-state index contributed by atoms with van der Waals surface area (Å²) in [7, 11) is 0. The molecule has 3 rings (SSSR count). The summed E-state index contributed by atoms with van der Waals surface area (Å²) in [5, 5.41) is 7.44. The van der Waals surface area contributed by atoms with Gasteiger partial charge in [0.1, 0.15) is 12.1 Å². The standard InChI is InChI=1S/C19H31N7O/c1-3-20-19(22-7-4-5-9-25-10-8-21-17(25)2)26-13-11-24(12-14-26)16-18-6-15-27-23-18/h6,8,10,15H,3-5,7,9,11-14,16H2,1-2H3,(H,20,22). The van der Waals surface area contributed by atoms with Crippen molar-refractivity contribution in [3.63, 3.8) is 0 Å². The summed E-state index contributed by atoms with van der Waals surface area (Å²) in [5.74, 6) is 2.12. The Hall–Kier alpha value is -2.35. The zero-order valence-electron chi connectivity index (χ0n) is 16.5. The maximum absolute atomic E-state index is 4.92. The van der Waals surface area contributed by atoms with Gasteiger partial charge in [-0.05, 0) is 26.7 Å². The van der Waals surface area contributed by atoms with E-state index in [1.54, 1.807) is 6.26 Å². The zero-order chi connectivity index (χ0) is 18.9. The van der Waals surface area contributed by atoms with E-state index in [1.165, 1.54) is 0 Å². The number of guanidine groups is 1. The van der Waals surface area contributed by atoms with Gasteiger partial charge in [0.05, 0.1) is 5.69 Å². The van der Waals surface area contributed by atoms with Crippen LogP contribution in [0.3, 0.4) is 0 Å². The second-order valence-corrected chi connectivity index (χ2v) is 6.86. The molecule has 1 saturated heterocycles. The lowest BCUT2D eigenvalue weighted by Crippen LogP contribution is -2.52. The van der Waals surface area contributed by atoms with Crippen molar-refractivity contribution in [2.75, 3.05) is 39.3 Å². The van der Waals surface area contributed by atoms with Crippen LogP contribution in [0.1, 0.15) is 31.3 Å². The monoisotopic (exact) mass is 373 g/mol. The molecule has 1 N–H and O–H groups in total. The topological polar surface area (TPSA) is 74.7 Å². The lowest BCUT2D eigenvalue weighted by atomic mass is 10.3. The first-order chi connectivity index (χ1) is 13.3. The number of aliphatic imine (C=N–C) groups is 1. The second-order valence-electron chi connectivity index (χ2n) is 6.86. The van der Waals surface area contributed by atoms with Gasteiger partial charge in [0.25, 0.3) is 0 Å². The van der Waals surface area contributed by atoms with Gasteiger partial charge in [-0.1, -0.05) is 5.16 Å². The van der Waals surface area contributed by atoms with Crippen LogP contribution in [0.5, 0.6) is 0 Å². The molecular weight excluding hydrogens is 342 g/mol. The fourth-order valence-corrected chi connectivity index (χ4v) is 3.31. The largest absolute Gasteiger partial charge is 0.364 e. The molecule has 0 unspecified atom stereocenters. The normalized spacial score (nSPS) is 16.1. The van der Waals surface area contributed by atoms with Crippen molar-refractivity contribution in [3.05, 3.63) is 36.2 Å². The first-order valence-electron chi connectivity index (χ1n) is 9.89. The van der Waals surface area contributed by atoms with E-state index in [-0.39, 0.29) is 0 Å². The Balaban J connectivity index is 1.41. The Kier molecular flexibility index (Phi) is 7.27. The molecule has 0 amide bonds. The number of rotatable bonds is 8. The highest BCUT2D eigenvalue weighted by Crippen LogP contribution is 2.08. The molecule has 0 radical (unpaired) electrons. The minimum Gasteiger partial charge on any atom is -0.364 e. The molecule has 1 aliphatic heterocycles. The van der Waals surface area contributed by atoms with Crippen molar-refractivity contribution in [3.8, 4) is 0 Å². The van der Waals surface area contributed by atoms with E-state index in [0.29, 0.717) is 0 Å². The molecule has 0 saturated carbocycles. The highest BCUT2D eigenvalue weighted by molar-refractivity contribution is 5.80. The van der Waals surface area contributed by atoms with Crippen LogP contribution in [-0.2, 0) is 13.1 Å². The molecule has 0 spiro atoms. The van der Waals surface area contributed by atoms with E-state index >= 15 is 0 Å². The number of nitrogens with one attached hydrogen (secondary N) is 1. The minimum atomic E-state index is 0.853. The molecule has 27 heavy (non-hydrogen) atoms. The van der Waals surface area contributed by atoms with Crippen LogP contribution in [0.25, 0.3) is 0 Å². The van der Waals surface area contributed by atoms with E-state index in [2.05, 4.69) is 36.7 Å². The maximum atomic E-state index is 4.92. The van der Waals surface area contributed by atoms with Gasteiger partial charge in [0, 0.05) is 70.8 Å². The number of hydrogen-bond donors (Lipinski definition) is 1. The molecule has 8 heteroatoms. The summed E-state index contributed by atoms with van der Waals surface area (Å²) in [6.45, 7) is 11.8. The predicted molar refractivity (Wildman–Crippen MR) is 106 cm³/mol. The molecule has 0 atom stereocenters. The summed E-state index contributed by atoms with van der Waals surface area (Å²) >= 11 is 0. The average molecular weight is 374 g/mol. The van der Waals surface area contributed by atoms with Crippen molar-refractivity contribution in [2.45, 2.75) is 39.8 Å². The summed E-state index contributed by atoms with van der Waals surface area (Å²) < 4.78 is 7.12. The summed E-state index contributed by atoms with van der Waals surface area (Å²) in [4.78, 5) is 13.9. The zero-order valence-corrected chi connectivity index (χ0v) is 16.5. The number of piperazine rings is 1. The molecule has 0 aromatic carbocycles. The first-order valence-corrected chi connectivity index (χ1v) is 9.89. The molecule has 1 aliphatic rings. The van der Waals surface area contributed by atoms with Gasteiger partial charge < -0.3 is 19.3 Å². The van der Waals surface area contributed by atoms with Crippen LogP contribution < -0.4 is 5.32 Å². The molecular formula is C19H31N7O. The van der Waals surface area contributed by atoms with Gasteiger partial charge in [-0.15, -0.1) is 0 Å². The molecule has 3 heterocycles. The molecule has 0 aliphatic carbocycles. The Morgan fingerprint density at radius 3 is 2.78 bits per heavy atom. The van der Waals surface area contributed by atoms with Crippen molar-refractivity contribution in [1.29, 1.82) is 0 Å². The van der Waals surface area contributed by atoms with Crippen molar-refractivity contribution < 1.29 is 4.52 Å². The van der Waals surface area contributed by atoms with Gasteiger partial charge in [0.15, 0.2) is 5.96 Å². The Labute approximate surface area is 161 Å². The van der Waals surface area contributed by atoms with Crippen LogP contribution in [0.2, 0.25) is 0 Å². The first kappa shape index (κ1) is 19.4. The smallest absolute Gasteiger partial charge is 0.194 e. The SMILES string of the molecule is CCNC(=NCCCCn1ccnc1C)N1CCN(Cc2ccon2)CC1. The predicted octanol–water partition coefficient (Wildman–Crippen LogP) is 1.74. The molecule has 8 nitrogen and oxygen atoms in total. The van der Waals surface area contributed by atoms with Gasteiger partial charge in [0.2, 0.25) is 0 Å². The Bertz CT molecular complexity index is 687. The third kappa shape index (κ3) is 5.82. The third-order valence-corrected chi connectivity index (χ3v) is 4.88. The number of aryl methyl sites for hydroxylation is 2. The number of nitrogens with zero attached hydrogens (tertiary/aromatic N) is 6. The van der Waals surface area contributed by atoms with Crippen LogP contribution in [0.4, 0.5) is 0 Å². The number of hydrogen-bond acceptors (Lipinski definition) is 5. The highest BCUT2D eigenvalue weighted by atomic mass is 16.5. The molecule has 148 valence electrons. The maximum Gasteiger partial charge on any atom is 0.194 e. The number of imidazole rings is 1. The van der Waals surface area contributed by atoms with E-state index < -0.39 is 0 Å². The van der Waals surface area contributed by atoms with Crippen molar-refractivity contribution >= 4 is 5.96 Å². The van der Waals surface area contributed by atoms with Crippen LogP contribution in [0.15, 0.2) is 34.2 Å². The average Bonchev–Trinajstić information content (AvgIpc) is 3.33. The minimum absolute atomic E-state index is 0.853. The van der Waals surface area contributed by atoms with E-state index in [0.717, 1.165) is 82.7 Å². The quantitative estimate of drug-likeness (QED) is 0.432. The van der Waals surface area contributed by atoms with Crippen LogP contribution in [-0.4, -0.2) is 69.7 Å². The summed E-state index contributed by atoms with van der Waals surface area (Å²) in [6.07, 6.45) is 7.74.